The summed E-state index contributed by atoms with van der Waals surface area (Å²) in [5.74, 6) is -0.320. The molecule has 0 bridgehead atoms. The van der Waals surface area contributed by atoms with Crippen molar-refractivity contribution in [1.29, 1.82) is 0 Å². The lowest BCUT2D eigenvalue weighted by Gasteiger charge is -2.35. The van der Waals surface area contributed by atoms with Crippen molar-refractivity contribution in [3.8, 4) is 5.75 Å². The highest BCUT2D eigenvalue weighted by Crippen LogP contribution is 2.29. The maximum Gasteiger partial charge on any atom is 0.254 e. The maximum absolute atomic E-state index is 14.0. The van der Waals surface area contributed by atoms with Crippen LogP contribution < -0.4 is 4.74 Å². The van der Waals surface area contributed by atoms with E-state index in [1.807, 2.05) is 18.2 Å². The number of carbonyl (C=O) groups is 1. The molecule has 1 amide bonds. The summed E-state index contributed by atoms with van der Waals surface area (Å²) in [4.78, 5) is 21.5. The Balaban J connectivity index is 1.29. The molecule has 1 aliphatic heterocycles. The van der Waals surface area contributed by atoms with Gasteiger partial charge in [-0.2, -0.15) is 0 Å². The van der Waals surface area contributed by atoms with Gasteiger partial charge in [-0.25, -0.2) is 12.8 Å². The Morgan fingerprint density at radius 3 is 2.47 bits per heavy atom. The van der Waals surface area contributed by atoms with Crippen LogP contribution in [0.1, 0.15) is 21.5 Å². The highest BCUT2D eigenvalue weighted by Gasteiger charge is 2.25. The van der Waals surface area contributed by atoms with Gasteiger partial charge in [0.2, 0.25) is 0 Å². The molecule has 0 N–H and O–H groups in total. The van der Waals surface area contributed by atoms with Crippen LogP contribution in [0.15, 0.2) is 83.9 Å². The van der Waals surface area contributed by atoms with E-state index in [0.717, 1.165) is 5.39 Å². The van der Waals surface area contributed by atoms with Crippen LogP contribution in [0.3, 0.4) is 0 Å². The molecule has 9 heteroatoms. The predicted molar refractivity (Wildman–Crippen MR) is 143 cm³/mol. The van der Waals surface area contributed by atoms with Gasteiger partial charge in [-0.15, -0.1) is 0 Å². The molecule has 1 aromatic heterocycles. The van der Waals surface area contributed by atoms with E-state index in [2.05, 4.69) is 9.88 Å². The van der Waals surface area contributed by atoms with Gasteiger partial charge in [-0.1, -0.05) is 42.5 Å². The largest absolute Gasteiger partial charge is 0.496 e. The van der Waals surface area contributed by atoms with Crippen LogP contribution in [-0.4, -0.2) is 62.4 Å². The first kappa shape index (κ1) is 25.8. The van der Waals surface area contributed by atoms with Crippen molar-refractivity contribution in [2.24, 2.45) is 0 Å². The van der Waals surface area contributed by atoms with Crippen LogP contribution in [0.25, 0.3) is 10.9 Å². The van der Waals surface area contributed by atoms with Crippen LogP contribution in [0.5, 0.6) is 5.75 Å². The molecule has 38 heavy (non-hydrogen) atoms. The standard InChI is InChI=1S/C29H28FN3O4S/c1-37-26-18-22(29(34)33-16-14-32(15-17-33)19-23-6-2-3-9-25(23)30)11-12-24(26)20-38(35,36)27-10-4-7-21-8-5-13-31-28(21)27/h2-13,18H,14-17,19-20H2,1H3. The van der Waals surface area contributed by atoms with E-state index < -0.39 is 9.84 Å². The SMILES string of the molecule is COc1cc(C(=O)N2CCN(Cc3ccccc3F)CC2)ccc1CS(=O)(=O)c1cccc2cccnc12. The van der Waals surface area contributed by atoms with E-state index in [0.29, 0.717) is 60.7 Å². The predicted octanol–water partition coefficient (Wildman–Crippen LogP) is 4.31. The van der Waals surface area contributed by atoms with Gasteiger partial charge < -0.3 is 9.64 Å². The number of carbonyl (C=O) groups excluding carboxylic acids is 1. The lowest BCUT2D eigenvalue weighted by atomic mass is 10.1. The molecule has 1 saturated heterocycles. The average Bonchev–Trinajstić information content (AvgIpc) is 2.94. The third-order valence-corrected chi connectivity index (χ3v) is 8.51. The maximum atomic E-state index is 14.0. The van der Waals surface area contributed by atoms with Crippen molar-refractivity contribution in [3.63, 3.8) is 0 Å². The van der Waals surface area contributed by atoms with Crippen LogP contribution >= 0.6 is 0 Å². The number of halogens is 1. The number of piperazine rings is 1. The van der Waals surface area contributed by atoms with Gasteiger partial charge in [0.05, 0.1) is 23.3 Å². The summed E-state index contributed by atoms with van der Waals surface area (Å²) in [6.07, 6.45) is 1.57. The van der Waals surface area contributed by atoms with Gasteiger partial charge in [0.1, 0.15) is 11.6 Å². The second-order valence-electron chi connectivity index (χ2n) is 9.28. The summed E-state index contributed by atoms with van der Waals surface area (Å²) in [7, 11) is -2.27. The van der Waals surface area contributed by atoms with E-state index in [-0.39, 0.29) is 22.4 Å². The normalized spacial score (nSPS) is 14.5. The minimum atomic E-state index is -3.73. The number of benzene rings is 3. The second kappa shape index (κ2) is 10.9. The van der Waals surface area contributed by atoms with Crippen LogP contribution in [0.2, 0.25) is 0 Å². The number of rotatable bonds is 7. The summed E-state index contributed by atoms with van der Waals surface area (Å²) in [5.41, 5.74) is 1.96. The molecule has 5 rings (SSSR count). The molecule has 2 heterocycles. The first-order valence-corrected chi connectivity index (χ1v) is 14.0. The van der Waals surface area contributed by atoms with Crippen molar-refractivity contribution in [1.82, 2.24) is 14.8 Å². The summed E-state index contributed by atoms with van der Waals surface area (Å²) >= 11 is 0. The lowest BCUT2D eigenvalue weighted by Crippen LogP contribution is -2.48. The zero-order chi connectivity index (χ0) is 26.7. The number of ether oxygens (including phenoxy) is 1. The molecule has 0 saturated carbocycles. The minimum absolute atomic E-state index is 0.151. The third kappa shape index (κ3) is 5.39. The number of para-hydroxylation sites is 1. The zero-order valence-electron chi connectivity index (χ0n) is 21.0. The monoisotopic (exact) mass is 533 g/mol. The molecular weight excluding hydrogens is 505 g/mol. The first-order valence-electron chi connectivity index (χ1n) is 12.3. The Hall–Kier alpha value is -3.82. The zero-order valence-corrected chi connectivity index (χ0v) is 21.8. The molecule has 7 nitrogen and oxygen atoms in total. The molecule has 196 valence electrons. The minimum Gasteiger partial charge on any atom is -0.496 e. The highest BCUT2D eigenvalue weighted by molar-refractivity contribution is 7.90. The van der Waals surface area contributed by atoms with Gasteiger partial charge in [0, 0.05) is 61.0 Å². The number of sulfone groups is 1. The number of hydrogen-bond acceptors (Lipinski definition) is 6. The Labute approximate surface area is 221 Å². The van der Waals surface area contributed by atoms with Crippen molar-refractivity contribution >= 4 is 26.6 Å². The molecule has 0 spiro atoms. The Kier molecular flexibility index (Phi) is 7.40. The molecule has 0 aliphatic carbocycles. The number of aromatic nitrogens is 1. The quantitative estimate of drug-likeness (QED) is 0.352. The van der Waals surface area contributed by atoms with Gasteiger partial charge in [-0.3, -0.25) is 14.7 Å². The number of pyridine rings is 1. The fourth-order valence-electron chi connectivity index (χ4n) is 4.77. The number of hydrogen-bond donors (Lipinski definition) is 0. The fourth-order valence-corrected chi connectivity index (χ4v) is 6.32. The highest BCUT2D eigenvalue weighted by atomic mass is 32.2. The van der Waals surface area contributed by atoms with E-state index >= 15 is 0 Å². The van der Waals surface area contributed by atoms with Crippen molar-refractivity contribution in [2.45, 2.75) is 17.2 Å². The van der Waals surface area contributed by atoms with Crippen LogP contribution in [0, 0.1) is 5.82 Å². The van der Waals surface area contributed by atoms with Crippen molar-refractivity contribution in [3.05, 3.63) is 102 Å². The summed E-state index contributed by atoms with van der Waals surface area (Å²) < 4.78 is 46.2. The number of amides is 1. The second-order valence-corrected chi connectivity index (χ2v) is 11.2. The van der Waals surface area contributed by atoms with E-state index in [1.165, 1.54) is 13.2 Å². The third-order valence-electron chi connectivity index (χ3n) is 6.82. The Morgan fingerprint density at radius 1 is 0.947 bits per heavy atom. The molecule has 1 fully saturated rings. The number of fused-ring (bicyclic) bond motifs is 1. The molecular formula is C29H28FN3O4S. The van der Waals surface area contributed by atoms with Crippen molar-refractivity contribution < 1.29 is 22.3 Å². The van der Waals surface area contributed by atoms with Gasteiger partial charge in [0.15, 0.2) is 9.84 Å². The van der Waals surface area contributed by atoms with Gasteiger partial charge in [-0.05, 0) is 30.3 Å². The Bertz CT molecular complexity index is 1580. The average molecular weight is 534 g/mol. The topological polar surface area (TPSA) is 79.8 Å². The van der Waals surface area contributed by atoms with Gasteiger partial charge in [0.25, 0.3) is 5.91 Å². The molecule has 0 atom stereocenters. The Morgan fingerprint density at radius 2 is 1.71 bits per heavy atom. The molecule has 1 aliphatic rings. The van der Waals surface area contributed by atoms with E-state index in [1.54, 1.807) is 59.6 Å². The fraction of sp³-hybridized carbons (Fsp3) is 0.241. The van der Waals surface area contributed by atoms with Gasteiger partial charge >= 0.3 is 0 Å². The summed E-state index contributed by atoms with van der Waals surface area (Å²) in [6, 6.07) is 20.3. The number of nitrogens with zero attached hydrogens (tertiary/aromatic N) is 3. The summed E-state index contributed by atoms with van der Waals surface area (Å²) in [5, 5.41) is 0.746. The van der Waals surface area contributed by atoms with Crippen molar-refractivity contribution in [2.75, 3.05) is 33.3 Å². The molecule has 4 aromatic rings. The lowest BCUT2D eigenvalue weighted by molar-refractivity contribution is 0.0626. The smallest absolute Gasteiger partial charge is 0.254 e. The van der Waals surface area contributed by atoms with E-state index in [4.69, 9.17) is 4.74 Å². The van der Waals surface area contributed by atoms with Crippen LogP contribution in [-0.2, 0) is 22.1 Å². The molecule has 0 unspecified atom stereocenters. The van der Waals surface area contributed by atoms with Crippen LogP contribution in [0.4, 0.5) is 4.39 Å². The summed E-state index contributed by atoms with van der Waals surface area (Å²) in [6.45, 7) is 2.79. The first-order chi connectivity index (χ1) is 18.4. The molecule has 3 aromatic carbocycles. The number of methoxy groups -OCH3 is 1. The molecule has 0 radical (unpaired) electrons. The van der Waals surface area contributed by atoms with E-state index in [9.17, 15) is 17.6 Å².